The predicted octanol–water partition coefficient (Wildman–Crippen LogP) is 2.64. The van der Waals surface area contributed by atoms with Gasteiger partial charge in [-0.15, -0.1) is 0 Å². The normalized spacial score (nSPS) is 15.9. The number of hydrogen-bond donors (Lipinski definition) is 3. The minimum Gasteiger partial charge on any atom is -0.493 e. The van der Waals surface area contributed by atoms with E-state index in [1.54, 1.807) is 11.1 Å². The summed E-state index contributed by atoms with van der Waals surface area (Å²) < 4.78 is 5.60. The molecule has 4 rings (SSSR count). The summed E-state index contributed by atoms with van der Waals surface area (Å²) in [6.45, 7) is 1.24. The largest absolute Gasteiger partial charge is 0.493 e. The number of amides is 3. The number of nitrogens with one attached hydrogen (secondary N) is 3. The first-order valence-corrected chi connectivity index (χ1v) is 10.7. The highest BCUT2D eigenvalue weighted by Gasteiger charge is 2.28. The molecule has 32 heavy (non-hydrogen) atoms. The van der Waals surface area contributed by atoms with Gasteiger partial charge in [-0.1, -0.05) is 36.4 Å². The van der Waals surface area contributed by atoms with Crippen molar-refractivity contribution in [2.45, 2.75) is 19.3 Å². The van der Waals surface area contributed by atoms with Gasteiger partial charge in [-0.25, -0.2) is 0 Å². The predicted molar refractivity (Wildman–Crippen MR) is 120 cm³/mol. The molecule has 0 bridgehead atoms. The fourth-order valence-electron chi connectivity index (χ4n) is 3.90. The molecule has 1 atom stereocenters. The Bertz CT molecular complexity index is 1100. The number of hydrazine groups is 1. The Balaban J connectivity index is 1.25. The molecule has 8 heteroatoms. The molecule has 1 unspecified atom stereocenters. The lowest BCUT2D eigenvalue weighted by molar-refractivity contribution is -0.136. The number of ether oxygens (including phenoxy) is 1. The van der Waals surface area contributed by atoms with Crippen molar-refractivity contribution in [2.75, 3.05) is 19.7 Å². The van der Waals surface area contributed by atoms with E-state index in [-0.39, 0.29) is 30.8 Å². The van der Waals surface area contributed by atoms with E-state index in [1.165, 1.54) is 0 Å². The summed E-state index contributed by atoms with van der Waals surface area (Å²) in [5.41, 5.74) is 6.31. The van der Waals surface area contributed by atoms with E-state index in [9.17, 15) is 14.4 Å². The molecule has 166 valence electrons. The van der Waals surface area contributed by atoms with Crippen LogP contribution in [0.15, 0.2) is 60.8 Å². The first kappa shape index (κ1) is 21.4. The van der Waals surface area contributed by atoms with Gasteiger partial charge in [0.05, 0.1) is 24.5 Å². The van der Waals surface area contributed by atoms with Crippen molar-refractivity contribution in [3.8, 4) is 5.75 Å². The second-order valence-electron chi connectivity index (χ2n) is 7.78. The number of benzene rings is 2. The van der Waals surface area contributed by atoms with E-state index in [0.717, 1.165) is 23.1 Å². The first-order valence-electron chi connectivity index (χ1n) is 10.7. The van der Waals surface area contributed by atoms with Crippen LogP contribution in [0, 0.1) is 5.92 Å². The number of rotatable bonds is 6. The molecule has 1 aromatic heterocycles. The molecule has 1 aliphatic heterocycles. The van der Waals surface area contributed by atoms with Crippen LogP contribution in [-0.4, -0.2) is 47.3 Å². The lowest BCUT2D eigenvalue weighted by Crippen LogP contribution is -2.50. The maximum atomic E-state index is 12.6. The minimum atomic E-state index is -0.391. The second kappa shape index (κ2) is 10.00. The first-order chi connectivity index (χ1) is 15.6. The van der Waals surface area contributed by atoms with E-state index < -0.39 is 5.91 Å². The number of aromatic amines is 1. The number of hydrogen-bond acceptors (Lipinski definition) is 4. The third-order valence-electron chi connectivity index (χ3n) is 5.61. The molecule has 2 heterocycles. The lowest BCUT2D eigenvalue weighted by Gasteiger charge is -2.32. The zero-order valence-corrected chi connectivity index (χ0v) is 17.7. The fraction of sp³-hybridized carbons (Fsp3) is 0.292. The van der Waals surface area contributed by atoms with Gasteiger partial charge in [-0.2, -0.15) is 0 Å². The summed E-state index contributed by atoms with van der Waals surface area (Å²) >= 11 is 0. The number of nitrogens with zero attached hydrogens (tertiary/aromatic N) is 1. The Morgan fingerprint density at radius 3 is 2.66 bits per heavy atom. The summed E-state index contributed by atoms with van der Waals surface area (Å²) in [7, 11) is 0. The van der Waals surface area contributed by atoms with Crippen LogP contribution in [0.25, 0.3) is 10.9 Å². The average molecular weight is 434 g/mol. The van der Waals surface area contributed by atoms with Gasteiger partial charge in [0, 0.05) is 30.2 Å². The molecule has 0 saturated carbocycles. The van der Waals surface area contributed by atoms with Gasteiger partial charge in [0.15, 0.2) is 0 Å². The molecule has 3 aromatic rings. The van der Waals surface area contributed by atoms with Crippen LogP contribution >= 0.6 is 0 Å². The average Bonchev–Trinajstić information content (AvgIpc) is 3.27. The topological polar surface area (TPSA) is 104 Å². The highest BCUT2D eigenvalue weighted by molar-refractivity contribution is 6.07. The van der Waals surface area contributed by atoms with Crippen molar-refractivity contribution in [2.24, 2.45) is 5.92 Å². The van der Waals surface area contributed by atoms with E-state index in [4.69, 9.17) is 4.74 Å². The lowest BCUT2D eigenvalue weighted by atomic mass is 9.97. The van der Waals surface area contributed by atoms with Gasteiger partial charge in [-0.05, 0) is 31.0 Å². The van der Waals surface area contributed by atoms with Crippen LogP contribution in [0.4, 0.5) is 0 Å². The number of likely N-dealkylation sites (tertiary alicyclic amines) is 1. The molecule has 8 nitrogen and oxygen atoms in total. The molecular formula is C24H26N4O4. The van der Waals surface area contributed by atoms with Gasteiger partial charge >= 0.3 is 0 Å². The molecule has 0 spiro atoms. The molecule has 3 N–H and O–H groups in total. The Morgan fingerprint density at radius 1 is 1.03 bits per heavy atom. The third-order valence-corrected chi connectivity index (χ3v) is 5.61. The van der Waals surface area contributed by atoms with Gasteiger partial charge in [0.25, 0.3) is 5.91 Å². The Labute approximate surface area is 185 Å². The van der Waals surface area contributed by atoms with Crippen molar-refractivity contribution in [1.82, 2.24) is 20.7 Å². The zero-order valence-electron chi connectivity index (χ0n) is 17.7. The van der Waals surface area contributed by atoms with Crippen LogP contribution in [0.2, 0.25) is 0 Å². The van der Waals surface area contributed by atoms with Crippen molar-refractivity contribution in [1.29, 1.82) is 0 Å². The summed E-state index contributed by atoms with van der Waals surface area (Å²) in [6.07, 6.45) is 3.27. The SMILES string of the molecule is O=C(NNC(=O)C1CCCN(C(=O)CCOc2ccccc2)C1)c1c[nH]c2ccccc12. The van der Waals surface area contributed by atoms with Gasteiger partial charge < -0.3 is 14.6 Å². The number of fused-ring (bicyclic) bond motifs is 1. The molecular weight excluding hydrogens is 408 g/mol. The standard InChI is InChI=1S/C24H26N4O4/c29-22(12-14-32-18-8-2-1-3-9-18)28-13-6-7-17(16-28)23(30)26-27-24(31)20-15-25-21-11-5-4-10-19(20)21/h1-5,8-11,15,17,25H,6-7,12-14,16H2,(H,26,30)(H,27,31). The number of carbonyl (C=O) groups is 3. The molecule has 2 aromatic carbocycles. The van der Waals surface area contributed by atoms with Gasteiger partial charge in [0.2, 0.25) is 11.8 Å². The van der Waals surface area contributed by atoms with E-state index >= 15 is 0 Å². The Hall–Kier alpha value is -3.81. The van der Waals surface area contributed by atoms with Crippen molar-refractivity contribution < 1.29 is 19.1 Å². The smallest absolute Gasteiger partial charge is 0.271 e. The van der Waals surface area contributed by atoms with E-state index in [1.807, 2.05) is 54.6 Å². The summed E-state index contributed by atoms with van der Waals surface area (Å²) in [5.74, 6) is -0.372. The van der Waals surface area contributed by atoms with E-state index in [2.05, 4.69) is 15.8 Å². The summed E-state index contributed by atoms with van der Waals surface area (Å²) in [5, 5.41) is 0.784. The Kier molecular flexibility index (Phi) is 6.69. The summed E-state index contributed by atoms with van der Waals surface area (Å²) in [6, 6.07) is 16.8. The van der Waals surface area contributed by atoms with Crippen LogP contribution in [-0.2, 0) is 9.59 Å². The number of aromatic nitrogens is 1. The van der Waals surface area contributed by atoms with Gasteiger partial charge in [0.1, 0.15) is 5.75 Å². The van der Waals surface area contributed by atoms with Gasteiger partial charge in [-0.3, -0.25) is 25.2 Å². The highest BCUT2D eigenvalue weighted by atomic mass is 16.5. The van der Waals surface area contributed by atoms with Crippen LogP contribution in [0.1, 0.15) is 29.6 Å². The van der Waals surface area contributed by atoms with Crippen LogP contribution < -0.4 is 15.6 Å². The quantitative estimate of drug-likeness (QED) is 0.519. The summed E-state index contributed by atoms with van der Waals surface area (Å²) in [4.78, 5) is 42.4. The third kappa shape index (κ3) is 5.08. The highest BCUT2D eigenvalue weighted by Crippen LogP contribution is 2.19. The zero-order chi connectivity index (χ0) is 22.3. The van der Waals surface area contributed by atoms with Crippen molar-refractivity contribution in [3.05, 3.63) is 66.4 Å². The molecule has 0 radical (unpaired) electrons. The fourth-order valence-corrected chi connectivity index (χ4v) is 3.90. The molecule has 3 amide bonds. The molecule has 1 aliphatic rings. The monoisotopic (exact) mass is 434 g/mol. The number of para-hydroxylation sites is 2. The van der Waals surface area contributed by atoms with Crippen molar-refractivity contribution >= 4 is 28.6 Å². The van der Waals surface area contributed by atoms with Crippen LogP contribution in [0.3, 0.4) is 0 Å². The molecule has 1 fully saturated rings. The Morgan fingerprint density at radius 2 is 1.81 bits per heavy atom. The molecule has 1 saturated heterocycles. The number of H-pyrrole nitrogens is 1. The second-order valence-corrected chi connectivity index (χ2v) is 7.78. The van der Waals surface area contributed by atoms with E-state index in [0.29, 0.717) is 25.1 Å². The maximum absolute atomic E-state index is 12.6. The van der Waals surface area contributed by atoms with Crippen molar-refractivity contribution in [3.63, 3.8) is 0 Å². The number of carbonyl (C=O) groups excluding carboxylic acids is 3. The molecule has 0 aliphatic carbocycles. The van der Waals surface area contributed by atoms with Crippen LogP contribution in [0.5, 0.6) is 5.75 Å². The number of piperidine rings is 1. The maximum Gasteiger partial charge on any atom is 0.271 e. The minimum absolute atomic E-state index is 0.0405.